The molecule has 3 nitrogen and oxygen atoms in total. The van der Waals surface area contributed by atoms with Gasteiger partial charge in [0.25, 0.3) is 0 Å². The van der Waals surface area contributed by atoms with E-state index in [1.54, 1.807) is 7.11 Å². The molecule has 0 saturated carbocycles. The predicted octanol–water partition coefficient (Wildman–Crippen LogP) is 3.74. The van der Waals surface area contributed by atoms with Gasteiger partial charge in [-0.3, -0.25) is 0 Å². The van der Waals surface area contributed by atoms with Crippen LogP contribution in [0.5, 0.6) is 5.75 Å². The third-order valence-electron chi connectivity index (χ3n) is 3.23. The number of rotatable bonds is 5. The van der Waals surface area contributed by atoms with E-state index in [9.17, 15) is 0 Å². The maximum atomic E-state index is 5.30. The normalized spacial score (nSPS) is 10.0. The lowest BCUT2D eigenvalue weighted by atomic mass is 10.1. The Balaban J connectivity index is 1.83. The molecule has 0 saturated heterocycles. The molecule has 0 heterocycles. The molecule has 2 aromatic carbocycles. The quantitative estimate of drug-likeness (QED) is 0.824. The predicted molar refractivity (Wildman–Crippen MR) is 91.9 cm³/mol. The van der Waals surface area contributed by atoms with Gasteiger partial charge in [-0.15, -0.1) is 0 Å². The summed E-state index contributed by atoms with van der Waals surface area (Å²) in [6, 6.07) is 16.2. The second-order valence-electron chi connectivity index (χ2n) is 4.71. The zero-order valence-corrected chi connectivity index (χ0v) is 13.2. The first-order valence-electron chi connectivity index (χ1n) is 6.98. The maximum absolute atomic E-state index is 5.30. The Bertz CT molecular complexity index is 579. The number of methoxy groups -OCH3 is 1. The van der Waals surface area contributed by atoms with Crippen LogP contribution in [0.4, 0.5) is 5.69 Å². The van der Waals surface area contributed by atoms with Gasteiger partial charge in [-0.2, -0.15) is 0 Å². The first-order valence-corrected chi connectivity index (χ1v) is 7.39. The molecule has 0 amide bonds. The minimum Gasteiger partial charge on any atom is -0.497 e. The summed E-state index contributed by atoms with van der Waals surface area (Å²) in [6.45, 7) is 2.83. The number of benzene rings is 2. The first kappa shape index (κ1) is 15.3. The van der Waals surface area contributed by atoms with Crippen LogP contribution in [0.1, 0.15) is 18.1 Å². The number of ether oxygens (including phenoxy) is 1. The lowest BCUT2D eigenvalue weighted by Gasteiger charge is -2.11. The number of hydrogen-bond donors (Lipinski definition) is 2. The van der Waals surface area contributed by atoms with Crippen molar-refractivity contribution in [2.75, 3.05) is 12.4 Å². The molecule has 2 N–H and O–H groups in total. The number of aryl methyl sites for hydroxylation is 1. The second-order valence-corrected chi connectivity index (χ2v) is 5.11. The van der Waals surface area contributed by atoms with Gasteiger partial charge in [0.2, 0.25) is 0 Å². The van der Waals surface area contributed by atoms with Crippen LogP contribution >= 0.6 is 12.2 Å². The fraction of sp³-hybridized carbons (Fsp3) is 0.235. The third-order valence-corrected chi connectivity index (χ3v) is 3.48. The highest BCUT2D eigenvalue weighted by Gasteiger charge is 1.99. The molecule has 0 aliphatic heterocycles. The molecule has 0 spiro atoms. The van der Waals surface area contributed by atoms with Gasteiger partial charge in [-0.05, 0) is 54.0 Å². The zero-order valence-electron chi connectivity index (χ0n) is 12.3. The van der Waals surface area contributed by atoms with Gasteiger partial charge in [0.1, 0.15) is 5.75 Å². The molecule has 0 unspecified atom stereocenters. The van der Waals surface area contributed by atoms with E-state index in [2.05, 4.69) is 29.7 Å². The third kappa shape index (κ3) is 4.76. The number of nitrogens with one attached hydrogen (secondary N) is 2. The largest absolute Gasteiger partial charge is 0.497 e. The van der Waals surface area contributed by atoms with Crippen molar-refractivity contribution in [3.63, 3.8) is 0 Å². The summed E-state index contributed by atoms with van der Waals surface area (Å²) in [5.41, 5.74) is 3.47. The lowest BCUT2D eigenvalue weighted by molar-refractivity contribution is 0.414. The van der Waals surface area contributed by atoms with Gasteiger partial charge in [0.15, 0.2) is 5.11 Å². The van der Waals surface area contributed by atoms with Crippen molar-refractivity contribution < 1.29 is 4.74 Å². The van der Waals surface area contributed by atoms with Crippen LogP contribution in [0, 0.1) is 0 Å². The molecule has 0 atom stereocenters. The van der Waals surface area contributed by atoms with Gasteiger partial charge in [0.05, 0.1) is 7.11 Å². The van der Waals surface area contributed by atoms with Crippen LogP contribution in [0.25, 0.3) is 0 Å². The molecule has 0 bridgehead atoms. The summed E-state index contributed by atoms with van der Waals surface area (Å²) in [4.78, 5) is 0. The van der Waals surface area contributed by atoms with Crippen LogP contribution in [0.15, 0.2) is 48.5 Å². The molecule has 2 aromatic rings. The lowest BCUT2D eigenvalue weighted by Crippen LogP contribution is -2.27. The van der Waals surface area contributed by atoms with Crippen LogP contribution in [0.2, 0.25) is 0 Å². The van der Waals surface area contributed by atoms with E-state index in [1.807, 2.05) is 36.4 Å². The van der Waals surface area contributed by atoms with Crippen molar-refractivity contribution in [1.29, 1.82) is 0 Å². The van der Waals surface area contributed by atoms with Gasteiger partial charge in [-0.1, -0.05) is 31.2 Å². The number of anilines is 1. The Morgan fingerprint density at radius 3 is 2.19 bits per heavy atom. The van der Waals surface area contributed by atoms with E-state index < -0.39 is 0 Å². The van der Waals surface area contributed by atoms with Gasteiger partial charge >= 0.3 is 0 Å². The summed E-state index contributed by atoms with van der Waals surface area (Å²) in [5.74, 6) is 0.857. The Morgan fingerprint density at radius 2 is 1.62 bits per heavy atom. The molecule has 0 radical (unpaired) electrons. The van der Waals surface area contributed by atoms with E-state index in [-0.39, 0.29) is 0 Å². The molecule has 2 rings (SSSR count). The molecule has 0 aliphatic carbocycles. The molecule has 21 heavy (non-hydrogen) atoms. The Kier molecular flexibility index (Phi) is 5.58. The molecule has 0 fully saturated rings. The highest BCUT2D eigenvalue weighted by Crippen LogP contribution is 2.12. The van der Waals surface area contributed by atoms with Gasteiger partial charge in [0, 0.05) is 12.2 Å². The van der Waals surface area contributed by atoms with E-state index in [0.717, 1.165) is 23.4 Å². The molecule has 0 aliphatic rings. The Morgan fingerprint density at radius 1 is 1.00 bits per heavy atom. The Hall–Kier alpha value is -2.07. The summed E-state index contributed by atoms with van der Waals surface area (Å²) in [7, 11) is 1.66. The van der Waals surface area contributed by atoms with E-state index in [4.69, 9.17) is 17.0 Å². The van der Waals surface area contributed by atoms with E-state index in [0.29, 0.717) is 11.7 Å². The van der Waals surface area contributed by atoms with Crippen LogP contribution in [-0.4, -0.2) is 12.2 Å². The maximum Gasteiger partial charge on any atom is 0.171 e. The first-order chi connectivity index (χ1) is 10.2. The smallest absolute Gasteiger partial charge is 0.171 e. The van der Waals surface area contributed by atoms with Crippen LogP contribution in [0.3, 0.4) is 0 Å². The fourth-order valence-corrected chi connectivity index (χ4v) is 2.11. The molecule has 0 aromatic heterocycles. The van der Waals surface area contributed by atoms with E-state index >= 15 is 0 Å². The standard InChI is InChI=1S/C17H20N2OS/c1-3-13-4-8-15(9-5-13)19-17(21)18-12-14-6-10-16(20-2)11-7-14/h4-11H,3,12H2,1-2H3,(H2,18,19,21). The summed E-state index contributed by atoms with van der Waals surface area (Å²) in [6.07, 6.45) is 1.04. The number of hydrogen-bond acceptors (Lipinski definition) is 2. The minimum atomic E-state index is 0.620. The molecule has 4 heteroatoms. The second kappa shape index (κ2) is 7.64. The molecular weight excluding hydrogens is 280 g/mol. The van der Waals surface area contributed by atoms with Crippen molar-refractivity contribution >= 4 is 23.0 Å². The van der Waals surface area contributed by atoms with Crippen LogP contribution < -0.4 is 15.4 Å². The summed E-state index contributed by atoms with van der Waals surface area (Å²) >= 11 is 5.30. The number of thiocarbonyl (C=S) groups is 1. The van der Waals surface area contributed by atoms with Crippen molar-refractivity contribution in [3.05, 3.63) is 59.7 Å². The fourth-order valence-electron chi connectivity index (χ4n) is 1.92. The molecule has 110 valence electrons. The monoisotopic (exact) mass is 300 g/mol. The summed E-state index contributed by atoms with van der Waals surface area (Å²) < 4.78 is 5.13. The van der Waals surface area contributed by atoms with Crippen molar-refractivity contribution in [2.24, 2.45) is 0 Å². The minimum absolute atomic E-state index is 0.620. The van der Waals surface area contributed by atoms with Crippen LogP contribution in [-0.2, 0) is 13.0 Å². The van der Waals surface area contributed by atoms with Crippen molar-refractivity contribution in [3.8, 4) is 5.75 Å². The van der Waals surface area contributed by atoms with Gasteiger partial charge < -0.3 is 15.4 Å². The topological polar surface area (TPSA) is 33.3 Å². The Labute approximate surface area is 131 Å². The van der Waals surface area contributed by atoms with E-state index in [1.165, 1.54) is 5.56 Å². The highest BCUT2D eigenvalue weighted by atomic mass is 32.1. The summed E-state index contributed by atoms with van der Waals surface area (Å²) in [5, 5.41) is 7.00. The average molecular weight is 300 g/mol. The average Bonchev–Trinajstić information content (AvgIpc) is 2.54. The van der Waals surface area contributed by atoms with Crippen molar-refractivity contribution in [1.82, 2.24) is 5.32 Å². The SMILES string of the molecule is CCc1ccc(NC(=S)NCc2ccc(OC)cc2)cc1. The van der Waals surface area contributed by atoms with Crippen molar-refractivity contribution in [2.45, 2.75) is 19.9 Å². The highest BCUT2D eigenvalue weighted by molar-refractivity contribution is 7.80. The zero-order chi connectivity index (χ0) is 15.1. The van der Waals surface area contributed by atoms with Gasteiger partial charge in [-0.25, -0.2) is 0 Å². The molecular formula is C17H20N2OS.